The molecule has 1 saturated heterocycles. The van der Waals surface area contributed by atoms with Gasteiger partial charge in [-0.3, -0.25) is 4.68 Å². The van der Waals surface area contributed by atoms with Crippen LogP contribution in [0.1, 0.15) is 17.5 Å². The number of thiophene rings is 1. The second-order valence-corrected chi connectivity index (χ2v) is 10.6. The molecule has 1 aliphatic rings. The number of nitrogens with one attached hydrogen (secondary N) is 1. The van der Waals surface area contributed by atoms with E-state index >= 15 is 0 Å². The molecule has 184 valence electrons. The van der Waals surface area contributed by atoms with Crippen molar-refractivity contribution in [3.05, 3.63) is 41.2 Å². The van der Waals surface area contributed by atoms with E-state index in [1.165, 1.54) is 23.1 Å². The quantitative estimate of drug-likeness (QED) is 0.481. The molecular formula is C19H21F4N7O2S2. The fourth-order valence-corrected chi connectivity index (χ4v) is 5.94. The van der Waals surface area contributed by atoms with Crippen LogP contribution in [0.2, 0.25) is 0 Å². The monoisotopic (exact) mass is 519 g/mol. The molecule has 0 radical (unpaired) electrons. The number of hydrogen-bond acceptors (Lipinski definition) is 8. The molecule has 4 rings (SSSR count). The molecule has 15 heteroatoms. The Hall–Kier alpha value is -2.62. The minimum atomic E-state index is -4.69. The van der Waals surface area contributed by atoms with Gasteiger partial charge in [0, 0.05) is 39.1 Å². The van der Waals surface area contributed by atoms with Gasteiger partial charge in [0.2, 0.25) is 16.0 Å². The van der Waals surface area contributed by atoms with E-state index < -0.39 is 40.5 Å². The molecule has 0 bridgehead atoms. The molecule has 4 heterocycles. The highest BCUT2D eigenvalue weighted by atomic mass is 32.2. The first-order valence-electron chi connectivity index (χ1n) is 10.1. The van der Waals surface area contributed by atoms with Gasteiger partial charge in [0.05, 0.1) is 22.8 Å². The van der Waals surface area contributed by atoms with Gasteiger partial charge in [-0.05, 0) is 23.4 Å². The molecule has 3 aromatic rings. The smallest absolute Gasteiger partial charge is 0.348 e. The average molecular weight is 520 g/mol. The van der Waals surface area contributed by atoms with E-state index in [0.29, 0.717) is 11.8 Å². The molecule has 3 N–H and O–H groups in total. The summed E-state index contributed by atoms with van der Waals surface area (Å²) in [5.41, 5.74) is 4.87. The summed E-state index contributed by atoms with van der Waals surface area (Å²) >= 11 is 1.06. The van der Waals surface area contributed by atoms with Gasteiger partial charge in [-0.1, -0.05) is 0 Å². The lowest BCUT2D eigenvalue weighted by Gasteiger charge is -2.34. The van der Waals surface area contributed by atoms with Crippen LogP contribution >= 0.6 is 11.3 Å². The van der Waals surface area contributed by atoms with Crippen LogP contribution in [0.25, 0.3) is 10.6 Å². The van der Waals surface area contributed by atoms with E-state index in [4.69, 9.17) is 5.73 Å². The summed E-state index contributed by atoms with van der Waals surface area (Å²) in [4.78, 5) is 7.97. The molecule has 0 unspecified atom stereocenters. The van der Waals surface area contributed by atoms with E-state index in [0.717, 1.165) is 15.6 Å². The molecule has 34 heavy (non-hydrogen) atoms. The van der Waals surface area contributed by atoms with Gasteiger partial charge in [0.15, 0.2) is 0 Å². The van der Waals surface area contributed by atoms with Gasteiger partial charge in [-0.15, -0.1) is 11.3 Å². The van der Waals surface area contributed by atoms with Crippen molar-refractivity contribution in [2.45, 2.75) is 36.3 Å². The summed E-state index contributed by atoms with van der Waals surface area (Å²) in [5, 5.41) is 8.21. The van der Waals surface area contributed by atoms with Crippen molar-refractivity contribution in [2.75, 3.05) is 18.4 Å². The standard InChI is InChI=1S/C19H21F4N7O2S2/c1-29-8-12(6-26-29)34(31,32)30-3-2-15(14(20)9-30)27-18-25-7-13(19(21,22)23)17(28-18)16-4-11(5-24)10-33-16/h4,6-8,10,14-15H,2-3,5,9,24H2,1H3,(H,25,27,28)/t14-,15-/m1/s1. The summed E-state index contributed by atoms with van der Waals surface area (Å²) < 4.78 is 83.3. The summed E-state index contributed by atoms with van der Waals surface area (Å²) in [6.07, 6.45) is -3.09. The van der Waals surface area contributed by atoms with Crippen molar-refractivity contribution >= 4 is 27.3 Å². The zero-order valence-corrected chi connectivity index (χ0v) is 19.5. The van der Waals surface area contributed by atoms with E-state index in [1.54, 1.807) is 12.4 Å². The van der Waals surface area contributed by atoms with Crippen molar-refractivity contribution in [1.29, 1.82) is 0 Å². The van der Waals surface area contributed by atoms with E-state index in [-0.39, 0.29) is 40.9 Å². The van der Waals surface area contributed by atoms with Crippen LogP contribution in [0.4, 0.5) is 23.5 Å². The lowest BCUT2D eigenvalue weighted by atomic mass is 10.1. The van der Waals surface area contributed by atoms with Crippen LogP contribution in [0.3, 0.4) is 0 Å². The normalized spacial score (nSPS) is 19.9. The second-order valence-electron chi connectivity index (χ2n) is 7.75. The Morgan fingerprint density at radius 3 is 2.68 bits per heavy atom. The van der Waals surface area contributed by atoms with Crippen LogP contribution in [0, 0.1) is 0 Å². The van der Waals surface area contributed by atoms with E-state index in [2.05, 4.69) is 20.4 Å². The summed E-state index contributed by atoms with van der Waals surface area (Å²) in [6.45, 7) is -0.251. The molecule has 1 fully saturated rings. The third kappa shape index (κ3) is 4.92. The molecule has 0 spiro atoms. The minimum absolute atomic E-state index is 0.00753. The molecule has 0 aliphatic carbocycles. The molecule has 2 atom stereocenters. The number of nitrogens with two attached hydrogens (primary N) is 1. The number of aromatic nitrogens is 4. The third-order valence-electron chi connectivity index (χ3n) is 5.35. The first kappa shape index (κ1) is 24.5. The number of hydrogen-bond donors (Lipinski definition) is 2. The Bertz CT molecular complexity index is 1280. The lowest BCUT2D eigenvalue weighted by molar-refractivity contribution is -0.137. The van der Waals surface area contributed by atoms with Crippen molar-refractivity contribution in [3.8, 4) is 10.6 Å². The summed E-state index contributed by atoms with van der Waals surface area (Å²) in [6, 6.07) is 0.638. The van der Waals surface area contributed by atoms with Gasteiger partial charge < -0.3 is 11.1 Å². The van der Waals surface area contributed by atoms with Gasteiger partial charge >= 0.3 is 6.18 Å². The molecule has 0 aromatic carbocycles. The number of rotatable bonds is 6. The molecule has 3 aromatic heterocycles. The Morgan fingerprint density at radius 1 is 1.32 bits per heavy atom. The van der Waals surface area contributed by atoms with Gasteiger partial charge in [-0.2, -0.15) is 22.6 Å². The molecular weight excluding hydrogens is 498 g/mol. The third-order valence-corrected chi connectivity index (χ3v) is 8.16. The zero-order chi connectivity index (χ0) is 24.7. The van der Waals surface area contributed by atoms with Crippen molar-refractivity contribution in [2.24, 2.45) is 12.8 Å². The first-order chi connectivity index (χ1) is 16.0. The number of sulfonamides is 1. The maximum Gasteiger partial charge on any atom is 0.420 e. The number of nitrogens with zero attached hydrogens (tertiary/aromatic N) is 5. The van der Waals surface area contributed by atoms with Gasteiger partial charge in [0.25, 0.3) is 0 Å². The fraction of sp³-hybridized carbons (Fsp3) is 0.421. The Labute approximate surface area is 196 Å². The van der Waals surface area contributed by atoms with Crippen LogP contribution in [-0.2, 0) is 29.8 Å². The predicted molar refractivity (Wildman–Crippen MR) is 117 cm³/mol. The SMILES string of the molecule is Cn1cc(S(=O)(=O)N2CC[C@@H](Nc3ncc(C(F)(F)F)c(-c4cc(CN)cs4)n3)[C@H](F)C2)cn1. The highest BCUT2D eigenvalue weighted by molar-refractivity contribution is 7.89. The Morgan fingerprint density at radius 2 is 2.09 bits per heavy atom. The summed E-state index contributed by atoms with van der Waals surface area (Å²) in [7, 11) is -2.35. The molecule has 0 amide bonds. The maximum atomic E-state index is 14.9. The van der Waals surface area contributed by atoms with Crippen LogP contribution in [0.5, 0.6) is 0 Å². The highest BCUT2D eigenvalue weighted by Crippen LogP contribution is 2.38. The number of anilines is 1. The van der Waals surface area contributed by atoms with Crippen molar-refractivity contribution in [1.82, 2.24) is 24.1 Å². The number of piperidine rings is 1. The van der Waals surface area contributed by atoms with Gasteiger partial charge in [0.1, 0.15) is 16.6 Å². The van der Waals surface area contributed by atoms with Crippen LogP contribution in [0.15, 0.2) is 34.9 Å². The topological polar surface area (TPSA) is 119 Å². The number of alkyl halides is 4. The van der Waals surface area contributed by atoms with Crippen LogP contribution < -0.4 is 11.1 Å². The Balaban J connectivity index is 1.53. The lowest BCUT2D eigenvalue weighted by Crippen LogP contribution is -2.50. The predicted octanol–water partition coefficient (Wildman–Crippen LogP) is 2.63. The molecule has 1 aliphatic heterocycles. The second kappa shape index (κ2) is 9.20. The molecule has 9 nitrogen and oxygen atoms in total. The average Bonchev–Trinajstić information content (AvgIpc) is 3.43. The van der Waals surface area contributed by atoms with Gasteiger partial charge in [-0.25, -0.2) is 22.8 Å². The first-order valence-corrected chi connectivity index (χ1v) is 12.4. The number of aryl methyl sites for hydroxylation is 1. The van der Waals surface area contributed by atoms with Crippen molar-refractivity contribution < 1.29 is 26.0 Å². The maximum absolute atomic E-state index is 14.9. The largest absolute Gasteiger partial charge is 0.420 e. The van der Waals surface area contributed by atoms with Crippen molar-refractivity contribution in [3.63, 3.8) is 0 Å². The Kier molecular flexibility index (Phi) is 6.63. The highest BCUT2D eigenvalue weighted by Gasteiger charge is 2.38. The number of halogens is 4. The molecule has 0 saturated carbocycles. The summed E-state index contributed by atoms with van der Waals surface area (Å²) in [5.74, 6) is -0.179. The fourth-order valence-electron chi connectivity index (χ4n) is 3.56. The zero-order valence-electron chi connectivity index (χ0n) is 17.8. The minimum Gasteiger partial charge on any atom is -0.348 e. The van der Waals surface area contributed by atoms with Crippen LogP contribution in [-0.4, -0.2) is 57.8 Å². The van der Waals surface area contributed by atoms with E-state index in [1.807, 2.05) is 0 Å². The van der Waals surface area contributed by atoms with E-state index in [9.17, 15) is 26.0 Å².